The third kappa shape index (κ3) is 4.41. The maximum absolute atomic E-state index is 13.1. The van der Waals surface area contributed by atoms with E-state index in [4.69, 9.17) is 0 Å². The summed E-state index contributed by atoms with van der Waals surface area (Å²) >= 11 is 0. The molecule has 3 aromatic rings. The molecule has 0 bridgehead atoms. The first-order valence-electron chi connectivity index (χ1n) is 8.59. The van der Waals surface area contributed by atoms with Crippen LogP contribution in [0.3, 0.4) is 0 Å². The lowest BCUT2D eigenvalue weighted by molar-refractivity contribution is 0.0733. The zero-order chi connectivity index (χ0) is 19.4. The Balaban J connectivity index is 1.87. The first-order chi connectivity index (χ1) is 12.9. The maximum atomic E-state index is 13.1. The number of aromatic amines is 2. The van der Waals surface area contributed by atoms with Crippen molar-refractivity contribution >= 4 is 5.91 Å². The van der Waals surface area contributed by atoms with Crippen LogP contribution in [0.25, 0.3) is 0 Å². The molecule has 0 aliphatic carbocycles. The van der Waals surface area contributed by atoms with E-state index in [0.717, 1.165) is 11.3 Å². The standard InChI is InChI=1S/C19H21N5O3/c1-13-10-16(23(2)22-13)18(26)24(9-8-14-6-4-3-5-7-14)12-15-11-20-19(27)21-17(15)25/h3-7,10-11H,8-9,12H2,1-2H3,(H2,20,21,25,27). The van der Waals surface area contributed by atoms with Gasteiger partial charge in [0.15, 0.2) is 0 Å². The molecule has 140 valence electrons. The molecule has 0 radical (unpaired) electrons. The van der Waals surface area contributed by atoms with Crippen molar-refractivity contribution in [1.29, 1.82) is 0 Å². The number of aryl methyl sites for hydroxylation is 2. The second-order valence-electron chi connectivity index (χ2n) is 6.35. The highest BCUT2D eigenvalue weighted by molar-refractivity contribution is 5.92. The molecule has 0 aliphatic heterocycles. The SMILES string of the molecule is Cc1cc(C(=O)N(CCc2ccccc2)Cc2c[nH]c(=O)[nH]c2=O)n(C)n1. The van der Waals surface area contributed by atoms with Crippen LogP contribution >= 0.6 is 0 Å². The highest BCUT2D eigenvalue weighted by Crippen LogP contribution is 2.11. The van der Waals surface area contributed by atoms with Crippen LogP contribution in [0, 0.1) is 6.92 Å². The van der Waals surface area contributed by atoms with Gasteiger partial charge in [-0.15, -0.1) is 0 Å². The highest BCUT2D eigenvalue weighted by Gasteiger charge is 2.21. The fourth-order valence-corrected chi connectivity index (χ4v) is 2.89. The molecule has 0 atom stereocenters. The molecule has 2 aromatic heterocycles. The van der Waals surface area contributed by atoms with E-state index in [0.29, 0.717) is 24.2 Å². The molecule has 8 heteroatoms. The third-order valence-corrected chi connectivity index (χ3v) is 4.28. The maximum Gasteiger partial charge on any atom is 0.325 e. The number of nitrogens with one attached hydrogen (secondary N) is 2. The summed E-state index contributed by atoms with van der Waals surface area (Å²) in [6.07, 6.45) is 1.99. The minimum Gasteiger partial charge on any atom is -0.332 e. The second-order valence-corrected chi connectivity index (χ2v) is 6.35. The van der Waals surface area contributed by atoms with Gasteiger partial charge in [0.25, 0.3) is 11.5 Å². The minimum absolute atomic E-state index is 0.0853. The van der Waals surface area contributed by atoms with Gasteiger partial charge in [0, 0.05) is 19.8 Å². The average molecular weight is 367 g/mol. The van der Waals surface area contributed by atoms with Crippen molar-refractivity contribution in [3.8, 4) is 0 Å². The van der Waals surface area contributed by atoms with Gasteiger partial charge in [-0.2, -0.15) is 5.10 Å². The molecule has 2 N–H and O–H groups in total. The van der Waals surface area contributed by atoms with Gasteiger partial charge in [0.2, 0.25) is 0 Å². The van der Waals surface area contributed by atoms with Gasteiger partial charge in [-0.3, -0.25) is 19.3 Å². The van der Waals surface area contributed by atoms with E-state index in [9.17, 15) is 14.4 Å². The Labute approximate surface area is 155 Å². The molecule has 0 fully saturated rings. The van der Waals surface area contributed by atoms with Crippen molar-refractivity contribution in [3.05, 3.63) is 85.9 Å². The fourth-order valence-electron chi connectivity index (χ4n) is 2.89. The van der Waals surface area contributed by atoms with Crippen LogP contribution in [0.15, 0.2) is 52.2 Å². The predicted molar refractivity (Wildman–Crippen MR) is 101 cm³/mol. The van der Waals surface area contributed by atoms with Crippen LogP contribution in [-0.4, -0.2) is 37.1 Å². The Morgan fingerprint density at radius 2 is 1.96 bits per heavy atom. The molecule has 1 aromatic carbocycles. The molecular weight excluding hydrogens is 346 g/mol. The lowest BCUT2D eigenvalue weighted by Gasteiger charge is -2.22. The van der Waals surface area contributed by atoms with Gasteiger partial charge in [-0.1, -0.05) is 30.3 Å². The van der Waals surface area contributed by atoms with Crippen molar-refractivity contribution in [2.75, 3.05) is 6.54 Å². The smallest absolute Gasteiger partial charge is 0.325 e. The Kier molecular flexibility index (Phi) is 5.35. The molecule has 0 unspecified atom stereocenters. The monoisotopic (exact) mass is 367 g/mol. The van der Waals surface area contributed by atoms with E-state index in [1.165, 1.54) is 10.9 Å². The van der Waals surface area contributed by atoms with Crippen LogP contribution in [-0.2, 0) is 20.0 Å². The number of hydrogen-bond acceptors (Lipinski definition) is 4. The average Bonchev–Trinajstić information content (AvgIpc) is 2.99. The summed E-state index contributed by atoms with van der Waals surface area (Å²) in [5.74, 6) is -0.223. The van der Waals surface area contributed by atoms with Crippen molar-refractivity contribution in [1.82, 2.24) is 24.6 Å². The van der Waals surface area contributed by atoms with Gasteiger partial charge in [-0.25, -0.2) is 4.79 Å². The summed E-state index contributed by atoms with van der Waals surface area (Å²) in [7, 11) is 1.71. The van der Waals surface area contributed by atoms with Gasteiger partial charge in [-0.05, 0) is 25.0 Å². The molecule has 8 nitrogen and oxygen atoms in total. The Hall–Kier alpha value is -3.42. The lowest BCUT2D eigenvalue weighted by Crippen LogP contribution is -2.36. The summed E-state index contributed by atoms with van der Waals surface area (Å²) in [6, 6.07) is 11.5. The summed E-state index contributed by atoms with van der Waals surface area (Å²) in [4.78, 5) is 42.6. The van der Waals surface area contributed by atoms with Crippen molar-refractivity contribution in [2.24, 2.45) is 7.05 Å². The number of nitrogens with zero attached hydrogens (tertiary/aromatic N) is 3. The van der Waals surface area contributed by atoms with Crippen LogP contribution in [0.5, 0.6) is 0 Å². The number of hydrogen-bond donors (Lipinski definition) is 2. The van der Waals surface area contributed by atoms with E-state index in [1.54, 1.807) is 18.0 Å². The van der Waals surface area contributed by atoms with E-state index >= 15 is 0 Å². The van der Waals surface area contributed by atoms with Gasteiger partial charge < -0.3 is 9.88 Å². The molecule has 27 heavy (non-hydrogen) atoms. The zero-order valence-electron chi connectivity index (χ0n) is 15.2. The molecule has 0 spiro atoms. The number of aromatic nitrogens is 4. The van der Waals surface area contributed by atoms with E-state index in [-0.39, 0.29) is 12.5 Å². The summed E-state index contributed by atoms with van der Waals surface area (Å²) in [6.45, 7) is 2.32. The zero-order valence-corrected chi connectivity index (χ0v) is 15.2. The fraction of sp³-hybridized carbons (Fsp3) is 0.263. The Morgan fingerprint density at radius 3 is 2.59 bits per heavy atom. The Bertz CT molecular complexity index is 1050. The van der Waals surface area contributed by atoms with Crippen molar-refractivity contribution in [3.63, 3.8) is 0 Å². The molecule has 2 heterocycles. The predicted octanol–water partition coefficient (Wildman–Crippen LogP) is 0.990. The molecule has 3 rings (SSSR count). The first-order valence-corrected chi connectivity index (χ1v) is 8.59. The molecule has 0 saturated carbocycles. The second kappa shape index (κ2) is 7.86. The molecule has 0 aliphatic rings. The largest absolute Gasteiger partial charge is 0.332 e. The number of carbonyl (C=O) groups is 1. The van der Waals surface area contributed by atoms with E-state index in [1.807, 2.05) is 37.3 Å². The number of H-pyrrole nitrogens is 2. The Morgan fingerprint density at radius 1 is 1.22 bits per heavy atom. The quantitative estimate of drug-likeness (QED) is 0.678. The number of amides is 1. The summed E-state index contributed by atoms with van der Waals surface area (Å²) in [5, 5.41) is 4.22. The number of benzene rings is 1. The van der Waals surface area contributed by atoms with Crippen LogP contribution in [0.1, 0.15) is 27.3 Å². The third-order valence-electron chi connectivity index (χ3n) is 4.28. The first kappa shape index (κ1) is 18.4. The van der Waals surface area contributed by atoms with Gasteiger partial charge >= 0.3 is 5.69 Å². The number of rotatable bonds is 6. The molecule has 0 saturated heterocycles. The normalized spacial score (nSPS) is 10.7. The highest BCUT2D eigenvalue weighted by atomic mass is 16.2. The van der Waals surface area contributed by atoms with Gasteiger partial charge in [0.05, 0.1) is 17.8 Å². The summed E-state index contributed by atoms with van der Waals surface area (Å²) in [5.41, 5.74) is 1.51. The van der Waals surface area contributed by atoms with Crippen molar-refractivity contribution < 1.29 is 4.79 Å². The minimum atomic E-state index is -0.576. The van der Waals surface area contributed by atoms with Crippen LogP contribution in [0.4, 0.5) is 0 Å². The molecular formula is C19H21N5O3. The van der Waals surface area contributed by atoms with E-state index < -0.39 is 11.2 Å². The number of carbonyl (C=O) groups excluding carboxylic acids is 1. The topological polar surface area (TPSA) is 104 Å². The summed E-state index contributed by atoms with van der Waals surface area (Å²) < 4.78 is 1.53. The van der Waals surface area contributed by atoms with Gasteiger partial charge in [0.1, 0.15) is 5.69 Å². The van der Waals surface area contributed by atoms with Crippen LogP contribution in [0.2, 0.25) is 0 Å². The van der Waals surface area contributed by atoms with E-state index in [2.05, 4.69) is 15.1 Å². The van der Waals surface area contributed by atoms with Crippen molar-refractivity contribution in [2.45, 2.75) is 19.9 Å². The molecule has 1 amide bonds. The lowest BCUT2D eigenvalue weighted by atomic mass is 10.1. The van der Waals surface area contributed by atoms with Crippen LogP contribution < -0.4 is 11.2 Å².